The van der Waals surface area contributed by atoms with Gasteiger partial charge in [0, 0.05) is 30.6 Å². The molecular formula is C14H19N3OS. The first-order chi connectivity index (χ1) is 9.22. The SMILES string of the molecule is CC(C)NCc1coc(N2CCc3sccc3C2)n1. The lowest BCUT2D eigenvalue weighted by Crippen LogP contribution is -2.29. The average Bonchev–Trinajstić information content (AvgIpc) is 3.04. The van der Waals surface area contributed by atoms with E-state index in [9.17, 15) is 0 Å². The Bertz CT molecular complexity index is 546. The molecule has 19 heavy (non-hydrogen) atoms. The Kier molecular flexibility index (Phi) is 3.57. The number of fused-ring (bicyclic) bond motifs is 1. The first kappa shape index (κ1) is 12.7. The second kappa shape index (κ2) is 5.35. The van der Waals surface area contributed by atoms with Crippen LogP contribution in [0.5, 0.6) is 0 Å². The molecule has 0 saturated carbocycles. The van der Waals surface area contributed by atoms with E-state index < -0.39 is 0 Å². The van der Waals surface area contributed by atoms with Crippen LogP contribution in [-0.4, -0.2) is 17.6 Å². The van der Waals surface area contributed by atoms with Crippen LogP contribution in [0.15, 0.2) is 22.1 Å². The third-order valence-electron chi connectivity index (χ3n) is 3.31. The van der Waals surface area contributed by atoms with Gasteiger partial charge in [-0.05, 0) is 23.4 Å². The monoisotopic (exact) mass is 277 g/mol. The Morgan fingerprint density at radius 3 is 3.26 bits per heavy atom. The molecule has 0 unspecified atom stereocenters. The third kappa shape index (κ3) is 2.82. The van der Waals surface area contributed by atoms with Crippen LogP contribution in [0.3, 0.4) is 0 Å². The largest absolute Gasteiger partial charge is 0.432 e. The zero-order chi connectivity index (χ0) is 13.2. The number of hydrogen-bond donors (Lipinski definition) is 1. The molecule has 1 aliphatic rings. The molecule has 1 N–H and O–H groups in total. The van der Waals surface area contributed by atoms with Crippen LogP contribution in [0.4, 0.5) is 6.01 Å². The smallest absolute Gasteiger partial charge is 0.297 e. The van der Waals surface area contributed by atoms with Gasteiger partial charge < -0.3 is 14.6 Å². The molecule has 1 aliphatic heterocycles. The first-order valence-corrected chi connectivity index (χ1v) is 7.58. The van der Waals surface area contributed by atoms with Crippen molar-refractivity contribution < 1.29 is 4.42 Å². The van der Waals surface area contributed by atoms with Gasteiger partial charge in [0.15, 0.2) is 0 Å². The number of thiophene rings is 1. The second-order valence-electron chi connectivity index (χ2n) is 5.20. The summed E-state index contributed by atoms with van der Waals surface area (Å²) < 4.78 is 5.61. The van der Waals surface area contributed by atoms with Gasteiger partial charge in [0.25, 0.3) is 6.01 Å². The molecule has 0 saturated heterocycles. The highest BCUT2D eigenvalue weighted by Gasteiger charge is 2.20. The van der Waals surface area contributed by atoms with Crippen LogP contribution in [0.2, 0.25) is 0 Å². The van der Waals surface area contributed by atoms with Gasteiger partial charge in [-0.15, -0.1) is 11.3 Å². The van der Waals surface area contributed by atoms with Crippen molar-refractivity contribution in [2.75, 3.05) is 11.4 Å². The predicted molar refractivity (Wildman–Crippen MR) is 77.6 cm³/mol. The molecule has 0 spiro atoms. The van der Waals surface area contributed by atoms with Crippen molar-refractivity contribution in [2.45, 2.75) is 39.4 Å². The number of aromatic nitrogens is 1. The summed E-state index contributed by atoms with van der Waals surface area (Å²) in [5.74, 6) is 0. The van der Waals surface area contributed by atoms with Gasteiger partial charge in [0.2, 0.25) is 0 Å². The van der Waals surface area contributed by atoms with Crippen molar-refractivity contribution in [3.05, 3.63) is 33.8 Å². The third-order valence-corrected chi connectivity index (χ3v) is 4.33. The molecule has 2 aromatic heterocycles. The summed E-state index contributed by atoms with van der Waals surface area (Å²) in [4.78, 5) is 8.28. The number of anilines is 1. The van der Waals surface area contributed by atoms with Gasteiger partial charge in [-0.2, -0.15) is 4.98 Å². The Labute approximate surface area is 117 Å². The molecule has 0 atom stereocenters. The maximum atomic E-state index is 5.61. The lowest BCUT2D eigenvalue weighted by atomic mass is 10.1. The highest BCUT2D eigenvalue weighted by molar-refractivity contribution is 7.10. The van der Waals surface area contributed by atoms with Crippen molar-refractivity contribution in [1.29, 1.82) is 0 Å². The number of hydrogen-bond acceptors (Lipinski definition) is 5. The van der Waals surface area contributed by atoms with Crippen molar-refractivity contribution in [1.82, 2.24) is 10.3 Å². The first-order valence-electron chi connectivity index (χ1n) is 6.70. The minimum atomic E-state index is 0.462. The van der Waals surface area contributed by atoms with Crippen LogP contribution in [0.25, 0.3) is 0 Å². The molecule has 0 bridgehead atoms. The van der Waals surface area contributed by atoms with Crippen LogP contribution in [0, 0.1) is 0 Å². The molecular weight excluding hydrogens is 258 g/mol. The van der Waals surface area contributed by atoms with E-state index in [0.29, 0.717) is 6.04 Å². The summed E-state index contributed by atoms with van der Waals surface area (Å²) in [6, 6.07) is 3.41. The van der Waals surface area contributed by atoms with Gasteiger partial charge in [0.05, 0.1) is 5.69 Å². The van der Waals surface area contributed by atoms with E-state index >= 15 is 0 Å². The molecule has 0 amide bonds. The minimum Gasteiger partial charge on any atom is -0.432 e. The summed E-state index contributed by atoms with van der Waals surface area (Å²) in [5.41, 5.74) is 2.39. The average molecular weight is 277 g/mol. The minimum absolute atomic E-state index is 0.462. The summed E-state index contributed by atoms with van der Waals surface area (Å²) in [6.07, 6.45) is 2.85. The molecule has 2 aromatic rings. The van der Waals surface area contributed by atoms with Crippen molar-refractivity contribution in [3.63, 3.8) is 0 Å². The second-order valence-corrected chi connectivity index (χ2v) is 6.20. The molecule has 0 radical (unpaired) electrons. The van der Waals surface area contributed by atoms with E-state index in [1.54, 1.807) is 6.26 Å². The fraction of sp³-hybridized carbons (Fsp3) is 0.500. The maximum absolute atomic E-state index is 5.61. The summed E-state index contributed by atoms with van der Waals surface area (Å²) in [6.45, 7) is 6.92. The predicted octanol–water partition coefficient (Wildman–Crippen LogP) is 2.80. The molecule has 3 heterocycles. The molecule has 4 nitrogen and oxygen atoms in total. The molecule has 5 heteroatoms. The van der Waals surface area contributed by atoms with Crippen molar-refractivity contribution >= 4 is 17.4 Å². The summed E-state index contributed by atoms with van der Waals surface area (Å²) >= 11 is 1.85. The molecule has 102 valence electrons. The normalized spacial score (nSPS) is 15.0. The van der Waals surface area contributed by atoms with Crippen LogP contribution >= 0.6 is 11.3 Å². The Morgan fingerprint density at radius 2 is 2.42 bits per heavy atom. The molecule has 0 aliphatic carbocycles. The quantitative estimate of drug-likeness (QED) is 0.933. The van der Waals surface area contributed by atoms with Gasteiger partial charge in [-0.25, -0.2) is 0 Å². The molecule has 0 aromatic carbocycles. The standard InChI is InChI=1S/C14H19N3OS/c1-10(2)15-7-12-9-18-14(16-12)17-5-3-13-11(8-17)4-6-19-13/h4,6,9-10,15H,3,5,7-8H2,1-2H3. The number of oxazole rings is 1. The Hall–Kier alpha value is -1.33. The maximum Gasteiger partial charge on any atom is 0.297 e. The number of rotatable bonds is 4. The Balaban J connectivity index is 1.67. The number of nitrogens with zero attached hydrogens (tertiary/aromatic N) is 2. The van der Waals surface area contributed by atoms with Gasteiger partial charge in [0.1, 0.15) is 6.26 Å². The van der Waals surface area contributed by atoms with Gasteiger partial charge in [-0.3, -0.25) is 0 Å². The highest BCUT2D eigenvalue weighted by Crippen LogP contribution is 2.27. The van der Waals surface area contributed by atoms with Crippen molar-refractivity contribution in [3.8, 4) is 0 Å². The topological polar surface area (TPSA) is 41.3 Å². The van der Waals surface area contributed by atoms with Crippen LogP contribution < -0.4 is 10.2 Å². The van der Waals surface area contributed by atoms with E-state index in [2.05, 4.69) is 40.5 Å². The number of nitrogens with one attached hydrogen (secondary N) is 1. The fourth-order valence-electron chi connectivity index (χ4n) is 2.24. The Morgan fingerprint density at radius 1 is 1.53 bits per heavy atom. The van der Waals surface area contributed by atoms with Crippen LogP contribution in [-0.2, 0) is 19.5 Å². The zero-order valence-corrected chi connectivity index (χ0v) is 12.2. The zero-order valence-electron chi connectivity index (χ0n) is 11.3. The van der Waals surface area contributed by atoms with Crippen LogP contribution in [0.1, 0.15) is 30.0 Å². The van der Waals surface area contributed by atoms with Gasteiger partial charge >= 0.3 is 0 Å². The van der Waals surface area contributed by atoms with E-state index in [0.717, 1.165) is 37.8 Å². The highest BCUT2D eigenvalue weighted by atomic mass is 32.1. The van der Waals surface area contributed by atoms with Gasteiger partial charge in [-0.1, -0.05) is 13.8 Å². The molecule has 0 fully saturated rings. The molecule has 3 rings (SSSR count). The van der Waals surface area contributed by atoms with Crippen molar-refractivity contribution in [2.24, 2.45) is 0 Å². The summed E-state index contributed by atoms with van der Waals surface area (Å²) in [7, 11) is 0. The lowest BCUT2D eigenvalue weighted by molar-refractivity contribution is 0.523. The summed E-state index contributed by atoms with van der Waals surface area (Å²) in [5, 5.41) is 5.52. The van der Waals surface area contributed by atoms with E-state index in [4.69, 9.17) is 4.42 Å². The lowest BCUT2D eigenvalue weighted by Gasteiger charge is -2.25. The van der Waals surface area contributed by atoms with E-state index in [1.165, 1.54) is 10.4 Å². The fourth-order valence-corrected chi connectivity index (χ4v) is 3.13. The van der Waals surface area contributed by atoms with E-state index in [-0.39, 0.29) is 0 Å². The van der Waals surface area contributed by atoms with E-state index in [1.807, 2.05) is 11.3 Å².